The summed E-state index contributed by atoms with van der Waals surface area (Å²) in [4.78, 5) is 11.3. The van der Waals surface area contributed by atoms with Crippen molar-refractivity contribution >= 4 is 5.91 Å². The molecule has 0 aromatic heterocycles. The largest absolute Gasteiger partial charge is 0.396 e. The van der Waals surface area contributed by atoms with Crippen LogP contribution in [0.1, 0.15) is 19.3 Å². The van der Waals surface area contributed by atoms with E-state index in [2.05, 4.69) is 10.6 Å². The molecule has 1 rings (SSSR count). The highest BCUT2D eigenvalue weighted by Gasteiger charge is 2.41. The fourth-order valence-corrected chi connectivity index (χ4v) is 1.73. The van der Waals surface area contributed by atoms with Gasteiger partial charge in [0.15, 0.2) is 0 Å². The molecular formula is C11H22N2O3. The molecule has 1 fully saturated rings. The van der Waals surface area contributed by atoms with Crippen molar-refractivity contribution in [2.24, 2.45) is 5.41 Å². The zero-order chi connectivity index (χ0) is 11.9. The lowest BCUT2D eigenvalue weighted by Gasteiger charge is -2.14. The van der Waals surface area contributed by atoms with Crippen LogP contribution >= 0.6 is 0 Å². The second kappa shape index (κ2) is 6.83. The van der Waals surface area contributed by atoms with E-state index in [1.165, 1.54) is 0 Å². The number of aliphatic hydroxyl groups is 1. The Bertz CT molecular complexity index is 217. The standard InChI is InChI=1S/C11H22N2O3/c1-16-7-5-13-10(15)8-12-9-11(2-3-11)4-6-14/h12,14H,2-9H2,1H3,(H,13,15). The van der Waals surface area contributed by atoms with Crippen LogP contribution in [0.4, 0.5) is 0 Å². The first-order valence-corrected chi connectivity index (χ1v) is 5.80. The third-order valence-corrected chi connectivity index (χ3v) is 3.01. The van der Waals surface area contributed by atoms with Gasteiger partial charge in [0.05, 0.1) is 13.2 Å². The lowest BCUT2D eigenvalue weighted by Crippen LogP contribution is -2.37. The molecule has 0 spiro atoms. The van der Waals surface area contributed by atoms with Crippen LogP contribution in [0.5, 0.6) is 0 Å². The Labute approximate surface area is 96.6 Å². The van der Waals surface area contributed by atoms with Crippen LogP contribution in [0.15, 0.2) is 0 Å². The van der Waals surface area contributed by atoms with Crippen molar-refractivity contribution < 1.29 is 14.6 Å². The summed E-state index contributed by atoms with van der Waals surface area (Å²) in [7, 11) is 1.61. The van der Waals surface area contributed by atoms with Crippen LogP contribution in [-0.4, -0.2) is 51.0 Å². The SMILES string of the molecule is COCCNC(=O)CNCC1(CCO)CC1. The lowest BCUT2D eigenvalue weighted by molar-refractivity contribution is -0.120. The Balaban J connectivity index is 2.00. The summed E-state index contributed by atoms with van der Waals surface area (Å²) in [6.07, 6.45) is 3.16. The fraction of sp³-hybridized carbons (Fsp3) is 0.909. The van der Waals surface area contributed by atoms with Crippen LogP contribution in [-0.2, 0) is 9.53 Å². The first-order chi connectivity index (χ1) is 7.72. The molecule has 1 amide bonds. The number of hydrogen-bond donors (Lipinski definition) is 3. The smallest absolute Gasteiger partial charge is 0.234 e. The highest BCUT2D eigenvalue weighted by atomic mass is 16.5. The number of aliphatic hydroxyl groups excluding tert-OH is 1. The normalized spacial score (nSPS) is 17.1. The monoisotopic (exact) mass is 230 g/mol. The number of methoxy groups -OCH3 is 1. The van der Waals surface area contributed by atoms with Gasteiger partial charge in [-0.2, -0.15) is 0 Å². The number of amides is 1. The maximum absolute atomic E-state index is 11.3. The second-order valence-corrected chi connectivity index (χ2v) is 4.42. The Kier molecular flexibility index (Phi) is 5.73. The average molecular weight is 230 g/mol. The summed E-state index contributed by atoms with van der Waals surface area (Å²) in [5, 5.41) is 14.8. The fourth-order valence-electron chi connectivity index (χ4n) is 1.73. The van der Waals surface area contributed by atoms with Gasteiger partial charge in [-0.3, -0.25) is 4.79 Å². The van der Waals surface area contributed by atoms with Crippen molar-refractivity contribution in [1.29, 1.82) is 0 Å². The van der Waals surface area contributed by atoms with Gasteiger partial charge in [-0.15, -0.1) is 0 Å². The van der Waals surface area contributed by atoms with E-state index in [1.54, 1.807) is 7.11 Å². The van der Waals surface area contributed by atoms with E-state index in [1.807, 2.05) is 0 Å². The number of carbonyl (C=O) groups is 1. The predicted octanol–water partition coefficient (Wildman–Crippen LogP) is -0.499. The number of nitrogens with one attached hydrogen (secondary N) is 2. The molecule has 3 N–H and O–H groups in total. The van der Waals surface area contributed by atoms with Gasteiger partial charge in [-0.25, -0.2) is 0 Å². The van der Waals surface area contributed by atoms with Gasteiger partial charge in [-0.1, -0.05) is 0 Å². The van der Waals surface area contributed by atoms with Gasteiger partial charge >= 0.3 is 0 Å². The van der Waals surface area contributed by atoms with E-state index < -0.39 is 0 Å². The third-order valence-electron chi connectivity index (χ3n) is 3.01. The Hall–Kier alpha value is -0.650. The van der Waals surface area contributed by atoms with Crippen LogP contribution < -0.4 is 10.6 Å². The first kappa shape index (κ1) is 13.4. The maximum Gasteiger partial charge on any atom is 0.234 e. The van der Waals surface area contributed by atoms with Crippen LogP contribution in [0.25, 0.3) is 0 Å². The summed E-state index contributed by atoms with van der Waals surface area (Å²) in [6, 6.07) is 0. The van der Waals surface area contributed by atoms with Gasteiger partial charge < -0.3 is 20.5 Å². The van der Waals surface area contributed by atoms with Gasteiger partial charge in [-0.05, 0) is 24.7 Å². The van der Waals surface area contributed by atoms with E-state index >= 15 is 0 Å². The third kappa shape index (κ3) is 4.92. The summed E-state index contributed by atoms with van der Waals surface area (Å²) >= 11 is 0. The van der Waals surface area contributed by atoms with Crippen LogP contribution in [0.3, 0.4) is 0 Å². The molecule has 94 valence electrons. The molecule has 0 bridgehead atoms. The summed E-state index contributed by atoms with van der Waals surface area (Å²) in [6.45, 7) is 2.50. The van der Waals surface area contributed by atoms with Crippen LogP contribution in [0.2, 0.25) is 0 Å². The highest BCUT2D eigenvalue weighted by molar-refractivity contribution is 5.77. The minimum Gasteiger partial charge on any atom is -0.396 e. The van der Waals surface area contributed by atoms with Crippen molar-refractivity contribution in [3.8, 4) is 0 Å². The van der Waals surface area contributed by atoms with Crippen LogP contribution in [0, 0.1) is 5.41 Å². The van der Waals surface area contributed by atoms with Gasteiger partial charge in [0.2, 0.25) is 5.91 Å². The molecule has 0 aromatic carbocycles. The molecule has 5 heteroatoms. The van der Waals surface area contributed by atoms with E-state index in [0.29, 0.717) is 19.7 Å². The number of ether oxygens (including phenoxy) is 1. The molecule has 0 radical (unpaired) electrons. The molecule has 0 aromatic rings. The molecule has 16 heavy (non-hydrogen) atoms. The molecule has 1 aliphatic rings. The van der Waals surface area contributed by atoms with E-state index in [4.69, 9.17) is 9.84 Å². The molecule has 1 saturated carbocycles. The first-order valence-electron chi connectivity index (χ1n) is 5.80. The second-order valence-electron chi connectivity index (χ2n) is 4.42. The van der Waals surface area contributed by atoms with Crippen molar-refractivity contribution in [3.63, 3.8) is 0 Å². The number of rotatable bonds is 9. The Morgan fingerprint density at radius 1 is 1.50 bits per heavy atom. The average Bonchev–Trinajstić information content (AvgIpc) is 2.99. The molecule has 0 unspecified atom stereocenters. The molecule has 0 saturated heterocycles. The van der Waals surface area contributed by atoms with Gasteiger partial charge in [0.1, 0.15) is 0 Å². The predicted molar refractivity (Wildman–Crippen MR) is 61.1 cm³/mol. The molecule has 0 aliphatic heterocycles. The summed E-state index contributed by atoms with van der Waals surface area (Å²) in [5.41, 5.74) is 0.265. The Morgan fingerprint density at radius 2 is 2.25 bits per heavy atom. The van der Waals surface area contributed by atoms with E-state index in [9.17, 15) is 4.79 Å². The molecule has 1 aliphatic carbocycles. The summed E-state index contributed by atoms with van der Waals surface area (Å²) in [5.74, 6) is -0.00292. The van der Waals surface area contributed by atoms with Crippen molar-refractivity contribution in [3.05, 3.63) is 0 Å². The van der Waals surface area contributed by atoms with Crippen molar-refractivity contribution in [1.82, 2.24) is 10.6 Å². The van der Waals surface area contributed by atoms with E-state index in [0.717, 1.165) is 25.8 Å². The molecule has 5 nitrogen and oxygen atoms in total. The maximum atomic E-state index is 11.3. The zero-order valence-corrected chi connectivity index (χ0v) is 9.92. The van der Waals surface area contributed by atoms with Gasteiger partial charge in [0.25, 0.3) is 0 Å². The topological polar surface area (TPSA) is 70.6 Å². The zero-order valence-electron chi connectivity index (χ0n) is 9.92. The number of hydrogen-bond acceptors (Lipinski definition) is 4. The summed E-state index contributed by atoms with van der Waals surface area (Å²) < 4.78 is 4.83. The molecule has 0 atom stereocenters. The lowest BCUT2D eigenvalue weighted by atomic mass is 10.0. The minimum atomic E-state index is -0.00292. The molecular weight excluding hydrogens is 208 g/mol. The van der Waals surface area contributed by atoms with Crippen molar-refractivity contribution in [2.75, 3.05) is 40.0 Å². The van der Waals surface area contributed by atoms with Crippen molar-refractivity contribution in [2.45, 2.75) is 19.3 Å². The van der Waals surface area contributed by atoms with E-state index in [-0.39, 0.29) is 17.9 Å². The molecule has 0 heterocycles. The highest BCUT2D eigenvalue weighted by Crippen LogP contribution is 2.47. The quantitative estimate of drug-likeness (QED) is 0.467. The minimum absolute atomic E-state index is 0.00292. The number of carbonyl (C=O) groups excluding carboxylic acids is 1. The Morgan fingerprint density at radius 3 is 2.81 bits per heavy atom. The van der Waals surface area contributed by atoms with Gasteiger partial charge in [0, 0.05) is 26.8 Å².